The van der Waals surface area contributed by atoms with Crippen molar-refractivity contribution in [2.75, 3.05) is 47.5 Å². The zero-order valence-corrected chi connectivity index (χ0v) is 50.1. The lowest BCUT2D eigenvalue weighted by Gasteiger charge is -2.25. The van der Waals surface area contributed by atoms with Gasteiger partial charge in [-0.1, -0.05) is 245 Å². The molecule has 0 rings (SSSR count). The van der Waals surface area contributed by atoms with Crippen molar-refractivity contribution in [3.8, 4) is 0 Å². The van der Waals surface area contributed by atoms with Crippen LogP contribution in [-0.4, -0.2) is 87.4 Å². The molecule has 9 heteroatoms. The van der Waals surface area contributed by atoms with Gasteiger partial charge < -0.3 is 28.5 Å². The number of hydrogen-bond donors (Lipinski definition) is 1. The van der Waals surface area contributed by atoms with Crippen LogP contribution in [0, 0.1) is 0 Å². The molecule has 0 aliphatic carbocycles. The Balaban J connectivity index is 4.13. The first-order chi connectivity index (χ1) is 37.6. The molecule has 0 bridgehead atoms. The first-order valence-electron chi connectivity index (χ1n) is 31.1. The molecule has 77 heavy (non-hydrogen) atoms. The normalized spacial score (nSPS) is 13.5. The summed E-state index contributed by atoms with van der Waals surface area (Å²) in [7, 11) is 5.96. The SMILES string of the molecule is CC/C=C\C/C=C\C/C=C\C/C=C\C/C=C\C/C=C\CCCCCCCCCCCCCCCCCCC(=O)OC(COC(=O)CCCCCCCCC/C=C\C/C=C\C/C=C\CC)COC(OCC[N+](C)(C)C)C(=O)O. The summed E-state index contributed by atoms with van der Waals surface area (Å²) in [4.78, 5) is 37.5. The third-order valence-electron chi connectivity index (χ3n) is 13.0. The average Bonchev–Trinajstić information content (AvgIpc) is 3.40. The van der Waals surface area contributed by atoms with Gasteiger partial charge in [0.05, 0.1) is 34.4 Å². The molecule has 9 nitrogen and oxygen atoms in total. The quantitative estimate of drug-likeness (QED) is 0.0211. The highest BCUT2D eigenvalue weighted by Gasteiger charge is 2.25. The number of quaternary nitrogens is 1. The van der Waals surface area contributed by atoms with E-state index in [1.165, 1.54) is 109 Å². The van der Waals surface area contributed by atoms with E-state index in [2.05, 4.69) is 123 Å². The van der Waals surface area contributed by atoms with E-state index < -0.39 is 24.3 Å². The Kier molecular flexibility index (Phi) is 55.1. The highest BCUT2D eigenvalue weighted by atomic mass is 16.7. The van der Waals surface area contributed by atoms with E-state index in [1.807, 2.05) is 21.1 Å². The summed E-state index contributed by atoms with van der Waals surface area (Å²) in [5.74, 6) is -2.02. The van der Waals surface area contributed by atoms with Gasteiger partial charge in [0.1, 0.15) is 13.2 Å². The van der Waals surface area contributed by atoms with Gasteiger partial charge in [-0.05, 0) is 96.3 Å². The summed E-state index contributed by atoms with van der Waals surface area (Å²) in [5, 5.41) is 9.71. The van der Waals surface area contributed by atoms with Crippen molar-refractivity contribution >= 4 is 17.9 Å². The minimum Gasteiger partial charge on any atom is -0.477 e. The lowest BCUT2D eigenvalue weighted by Crippen LogP contribution is -2.40. The van der Waals surface area contributed by atoms with Crippen LogP contribution in [0.15, 0.2) is 109 Å². The Morgan fingerprint density at radius 1 is 0.390 bits per heavy atom. The van der Waals surface area contributed by atoms with Crippen molar-refractivity contribution in [1.29, 1.82) is 0 Å². The first kappa shape index (κ1) is 73.0. The maximum absolute atomic E-state index is 12.9. The molecule has 0 amide bonds. The van der Waals surface area contributed by atoms with Crippen LogP contribution in [0.25, 0.3) is 0 Å². The Morgan fingerprint density at radius 2 is 0.701 bits per heavy atom. The Bertz CT molecular complexity index is 1630. The van der Waals surface area contributed by atoms with Crippen molar-refractivity contribution in [2.45, 2.75) is 257 Å². The fraction of sp³-hybridized carbons (Fsp3) is 0.691. The molecule has 2 atom stereocenters. The molecule has 0 heterocycles. The maximum Gasteiger partial charge on any atom is 0.361 e. The van der Waals surface area contributed by atoms with Crippen molar-refractivity contribution in [2.24, 2.45) is 0 Å². The van der Waals surface area contributed by atoms with Crippen molar-refractivity contribution in [3.05, 3.63) is 109 Å². The number of ether oxygens (including phenoxy) is 4. The summed E-state index contributed by atoms with van der Waals surface area (Å²) in [6, 6.07) is 0. The number of carbonyl (C=O) groups is 3. The molecule has 0 fully saturated rings. The highest BCUT2D eigenvalue weighted by Crippen LogP contribution is 2.16. The molecular weight excluding hydrogens is 959 g/mol. The molecule has 1 N–H and O–H groups in total. The summed E-state index contributed by atoms with van der Waals surface area (Å²) < 4.78 is 22.9. The number of likely N-dealkylation sites (N-methyl/N-ethyl adjacent to an activating group) is 1. The van der Waals surface area contributed by atoms with Gasteiger partial charge in [-0.2, -0.15) is 0 Å². The van der Waals surface area contributed by atoms with Crippen LogP contribution in [0.1, 0.15) is 245 Å². The van der Waals surface area contributed by atoms with Crippen LogP contribution < -0.4 is 0 Å². The van der Waals surface area contributed by atoms with Gasteiger partial charge in [0.15, 0.2) is 6.10 Å². The van der Waals surface area contributed by atoms with Gasteiger partial charge in [-0.3, -0.25) is 9.59 Å². The molecule has 0 aliphatic heterocycles. The Morgan fingerprint density at radius 3 is 1.04 bits per heavy atom. The van der Waals surface area contributed by atoms with Crippen LogP contribution in [0.3, 0.4) is 0 Å². The molecule has 0 saturated carbocycles. The number of unbranched alkanes of at least 4 members (excludes halogenated alkanes) is 23. The Labute approximate surface area is 473 Å². The first-order valence-corrected chi connectivity index (χ1v) is 31.1. The van der Waals surface area contributed by atoms with Crippen LogP contribution in [0.2, 0.25) is 0 Å². The molecule has 0 aromatic carbocycles. The molecule has 0 aliphatic rings. The summed E-state index contributed by atoms with van der Waals surface area (Å²) in [6.07, 6.45) is 77.5. The number of allylic oxidation sites excluding steroid dienone is 18. The molecule has 0 radical (unpaired) electrons. The van der Waals surface area contributed by atoms with Crippen LogP contribution in [0.4, 0.5) is 0 Å². The van der Waals surface area contributed by atoms with E-state index >= 15 is 0 Å². The topological polar surface area (TPSA) is 108 Å². The lowest BCUT2D eigenvalue weighted by molar-refractivity contribution is -0.870. The second kappa shape index (κ2) is 58.1. The molecule has 0 spiro atoms. The second-order valence-electron chi connectivity index (χ2n) is 21.6. The summed E-state index contributed by atoms with van der Waals surface area (Å²) in [5.41, 5.74) is 0. The minimum absolute atomic E-state index is 0.182. The average molecular weight is 1080 g/mol. The monoisotopic (exact) mass is 1070 g/mol. The predicted molar refractivity (Wildman–Crippen MR) is 327 cm³/mol. The van der Waals surface area contributed by atoms with Crippen LogP contribution in [-0.2, 0) is 33.3 Å². The van der Waals surface area contributed by atoms with Gasteiger partial charge in [0.25, 0.3) is 6.29 Å². The van der Waals surface area contributed by atoms with E-state index in [4.69, 9.17) is 18.9 Å². The van der Waals surface area contributed by atoms with E-state index in [1.54, 1.807) is 0 Å². The number of hydrogen-bond acceptors (Lipinski definition) is 7. The predicted octanol–water partition coefficient (Wildman–Crippen LogP) is 18.7. The van der Waals surface area contributed by atoms with Crippen molar-refractivity contribution in [1.82, 2.24) is 0 Å². The fourth-order valence-electron chi connectivity index (χ4n) is 8.33. The van der Waals surface area contributed by atoms with Gasteiger partial charge in [0, 0.05) is 12.8 Å². The highest BCUT2D eigenvalue weighted by molar-refractivity contribution is 5.71. The van der Waals surface area contributed by atoms with Crippen LogP contribution >= 0.6 is 0 Å². The van der Waals surface area contributed by atoms with E-state index in [0.717, 1.165) is 103 Å². The minimum atomic E-state index is -1.52. The Hall–Kier alpha value is -4.05. The molecule has 0 saturated heterocycles. The van der Waals surface area contributed by atoms with Crippen molar-refractivity contribution in [3.63, 3.8) is 0 Å². The van der Waals surface area contributed by atoms with E-state index in [0.29, 0.717) is 17.4 Å². The van der Waals surface area contributed by atoms with Gasteiger partial charge in [-0.25, -0.2) is 4.79 Å². The lowest BCUT2D eigenvalue weighted by atomic mass is 10.0. The number of carboxylic acids is 1. The summed E-state index contributed by atoms with van der Waals surface area (Å²) in [6.45, 7) is 4.64. The molecule has 0 aromatic rings. The third-order valence-corrected chi connectivity index (χ3v) is 13.0. The van der Waals surface area contributed by atoms with Gasteiger partial charge in [-0.15, -0.1) is 0 Å². The smallest absolute Gasteiger partial charge is 0.361 e. The number of esters is 2. The van der Waals surface area contributed by atoms with Gasteiger partial charge in [0.2, 0.25) is 0 Å². The second-order valence-corrected chi connectivity index (χ2v) is 21.6. The van der Waals surface area contributed by atoms with Crippen LogP contribution in [0.5, 0.6) is 0 Å². The van der Waals surface area contributed by atoms with E-state index in [9.17, 15) is 19.5 Å². The molecule has 0 aromatic heterocycles. The molecule has 2 unspecified atom stereocenters. The number of rotatable bonds is 56. The van der Waals surface area contributed by atoms with Crippen molar-refractivity contribution < 1.29 is 42.9 Å². The maximum atomic E-state index is 12.9. The molecule has 440 valence electrons. The third kappa shape index (κ3) is 59.5. The number of nitrogens with zero attached hydrogens (tertiary/aromatic N) is 1. The zero-order chi connectivity index (χ0) is 56.2. The molecular formula is C68H116NO8+. The number of aliphatic carboxylic acids is 1. The number of carbonyl (C=O) groups excluding carboxylic acids is 2. The largest absolute Gasteiger partial charge is 0.477 e. The van der Waals surface area contributed by atoms with Gasteiger partial charge >= 0.3 is 17.9 Å². The zero-order valence-electron chi connectivity index (χ0n) is 50.1. The van der Waals surface area contributed by atoms with E-state index in [-0.39, 0.29) is 38.6 Å². The fourth-order valence-corrected chi connectivity index (χ4v) is 8.33. The standard InChI is InChI=1S/C68H115NO8/c1-6-8-10-12-14-16-18-20-22-24-25-26-27-28-29-30-31-32-33-34-35-36-37-38-39-40-41-43-45-47-49-51-53-55-57-59-66(71)77-64(63-76-68(67(72)73)74-61-60-69(3,4)5)62-75-65(70)58-56-54-52-50-48-46-44-42-23-21-19-17-15-13-11-9-7-2/h8-11,14-17,20-23,25-26,28-29,31-32,64,68H,6-7,12-13,18-19,24,27,30,33-63H2,1-5H3/p+1/b10-8-,11-9-,16-14-,17-15-,22-20-,23-21-,26-25-,29-28-,32-31-. The summed E-state index contributed by atoms with van der Waals surface area (Å²) >= 11 is 0. The number of carboxylic acid groups (broad SMARTS) is 1.